The molecule has 5 heteroatoms. The van der Waals surface area contributed by atoms with E-state index < -0.39 is 11.5 Å². The zero-order valence-electron chi connectivity index (χ0n) is 16.9. The number of halogens is 1. The van der Waals surface area contributed by atoms with E-state index >= 15 is 0 Å². The number of hydrogen-bond acceptors (Lipinski definition) is 3. The molecule has 3 aromatic carbocycles. The summed E-state index contributed by atoms with van der Waals surface area (Å²) < 4.78 is 0.744. The molecule has 3 aromatic rings. The van der Waals surface area contributed by atoms with Crippen LogP contribution in [0.1, 0.15) is 39.0 Å². The van der Waals surface area contributed by atoms with Gasteiger partial charge >= 0.3 is 0 Å². The number of aryl methyl sites for hydroxylation is 2. The van der Waals surface area contributed by atoms with Gasteiger partial charge in [-0.05, 0) is 43.2 Å². The number of benzene rings is 3. The van der Waals surface area contributed by atoms with E-state index in [1.54, 1.807) is 23.1 Å². The highest BCUT2D eigenvalue weighted by Gasteiger charge is 2.51. The molecule has 1 aliphatic rings. The van der Waals surface area contributed by atoms with Crippen LogP contribution in [0.3, 0.4) is 0 Å². The first-order chi connectivity index (χ1) is 14.3. The van der Waals surface area contributed by atoms with Crippen LogP contribution in [0.5, 0.6) is 0 Å². The highest BCUT2D eigenvalue weighted by atomic mass is 79.9. The predicted octanol–water partition coefficient (Wildman–Crippen LogP) is 5.07. The number of amides is 1. The largest absolute Gasteiger partial charge is 0.375 e. The second kappa shape index (κ2) is 7.82. The molecule has 0 aliphatic carbocycles. The van der Waals surface area contributed by atoms with Crippen molar-refractivity contribution in [3.63, 3.8) is 0 Å². The van der Waals surface area contributed by atoms with E-state index in [-0.39, 0.29) is 12.2 Å². The standard InChI is InChI=1S/C25H22BrNO3/c1-16-8-10-20(17(2)12-16)23(28)14-25(30)21-13-19(26)9-11-22(21)27(24(25)29)15-18-6-4-3-5-7-18/h3-13,30H,14-15H2,1-2H3/t25-/m0/s1. The van der Waals surface area contributed by atoms with Crippen molar-refractivity contribution in [3.8, 4) is 0 Å². The van der Waals surface area contributed by atoms with Gasteiger partial charge in [-0.25, -0.2) is 0 Å². The van der Waals surface area contributed by atoms with Gasteiger partial charge in [0, 0.05) is 15.6 Å². The minimum Gasteiger partial charge on any atom is -0.375 e. The molecule has 0 saturated heterocycles. The molecule has 0 radical (unpaired) electrons. The lowest BCUT2D eigenvalue weighted by Gasteiger charge is -2.23. The lowest BCUT2D eigenvalue weighted by molar-refractivity contribution is -0.136. The molecule has 152 valence electrons. The summed E-state index contributed by atoms with van der Waals surface area (Å²) in [5, 5.41) is 11.5. The minimum atomic E-state index is -1.90. The Morgan fingerprint density at radius 2 is 1.77 bits per heavy atom. The Hall–Kier alpha value is -2.76. The number of carbonyl (C=O) groups excluding carboxylic acids is 2. The Bertz CT molecular complexity index is 1140. The maximum Gasteiger partial charge on any atom is 0.264 e. The molecule has 0 bridgehead atoms. The van der Waals surface area contributed by atoms with Crippen molar-refractivity contribution in [2.75, 3.05) is 4.90 Å². The van der Waals surface area contributed by atoms with Gasteiger partial charge in [0.05, 0.1) is 18.7 Å². The van der Waals surface area contributed by atoms with Crippen molar-refractivity contribution >= 4 is 33.3 Å². The van der Waals surface area contributed by atoms with Gasteiger partial charge in [-0.2, -0.15) is 0 Å². The van der Waals surface area contributed by atoms with Crippen molar-refractivity contribution in [2.24, 2.45) is 0 Å². The Morgan fingerprint density at radius 3 is 2.47 bits per heavy atom. The highest BCUT2D eigenvalue weighted by molar-refractivity contribution is 9.10. The van der Waals surface area contributed by atoms with Crippen molar-refractivity contribution in [1.29, 1.82) is 0 Å². The summed E-state index contributed by atoms with van der Waals surface area (Å²) in [6.45, 7) is 4.16. The van der Waals surface area contributed by atoms with Crippen molar-refractivity contribution in [3.05, 3.63) is 99.0 Å². The van der Waals surface area contributed by atoms with E-state index in [1.807, 2.05) is 62.4 Å². The Balaban J connectivity index is 1.72. The number of hydrogen-bond donors (Lipinski definition) is 1. The lowest BCUT2D eigenvalue weighted by atomic mass is 9.87. The predicted molar refractivity (Wildman–Crippen MR) is 121 cm³/mol. The summed E-state index contributed by atoms with van der Waals surface area (Å²) >= 11 is 3.43. The third-order valence-corrected chi connectivity index (χ3v) is 6.07. The molecule has 0 saturated carbocycles. The van der Waals surface area contributed by atoms with Crippen molar-refractivity contribution in [2.45, 2.75) is 32.4 Å². The summed E-state index contributed by atoms with van der Waals surface area (Å²) in [7, 11) is 0. The van der Waals surface area contributed by atoms with Crippen LogP contribution in [-0.2, 0) is 16.9 Å². The molecule has 1 N–H and O–H groups in total. The lowest BCUT2D eigenvalue weighted by Crippen LogP contribution is -2.41. The van der Waals surface area contributed by atoms with Gasteiger partial charge < -0.3 is 10.0 Å². The van der Waals surface area contributed by atoms with Gasteiger partial charge in [0.15, 0.2) is 11.4 Å². The third kappa shape index (κ3) is 3.59. The molecule has 4 rings (SSSR count). The number of carbonyl (C=O) groups is 2. The normalized spacial score (nSPS) is 17.9. The maximum absolute atomic E-state index is 13.4. The quantitative estimate of drug-likeness (QED) is 0.537. The van der Waals surface area contributed by atoms with E-state index in [0.29, 0.717) is 23.4 Å². The average molecular weight is 464 g/mol. The van der Waals surface area contributed by atoms with E-state index in [4.69, 9.17) is 0 Å². The van der Waals surface area contributed by atoms with E-state index in [9.17, 15) is 14.7 Å². The van der Waals surface area contributed by atoms with Gasteiger partial charge in [0.25, 0.3) is 5.91 Å². The molecule has 0 fully saturated rings. The molecule has 30 heavy (non-hydrogen) atoms. The summed E-state index contributed by atoms with van der Waals surface area (Å²) in [5.41, 5.74) is 2.55. The number of anilines is 1. The molecular weight excluding hydrogens is 442 g/mol. The fourth-order valence-corrected chi connectivity index (χ4v) is 4.43. The minimum absolute atomic E-state index is 0.254. The SMILES string of the molecule is Cc1ccc(C(=O)C[C@@]2(O)C(=O)N(Cc3ccccc3)c3ccc(Br)cc32)c(C)c1. The Morgan fingerprint density at radius 1 is 1.03 bits per heavy atom. The number of nitrogens with zero attached hydrogens (tertiary/aromatic N) is 1. The van der Waals surface area contributed by atoms with Gasteiger partial charge in [-0.15, -0.1) is 0 Å². The van der Waals surface area contributed by atoms with Crippen LogP contribution in [0.2, 0.25) is 0 Å². The second-order valence-corrected chi connectivity index (χ2v) is 8.73. The van der Waals surface area contributed by atoms with Gasteiger partial charge in [-0.1, -0.05) is 70.0 Å². The Kier molecular flexibility index (Phi) is 5.35. The van der Waals surface area contributed by atoms with Gasteiger partial charge in [-0.3, -0.25) is 9.59 Å². The molecular formula is C25H22BrNO3. The molecule has 0 spiro atoms. The molecule has 1 atom stereocenters. The zero-order valence-corrected chi connectivity index (χ0v) is 18.4. The smallest absolute Gasteiger partial charge is 0.264 e. The van der Waals surface area contributed by atoms with Crippen LogP contribution in [-0.4, -0.2) is 16.8 Å². The van der Waals surface area contributed by atoms with Crippen LogP contribution in [0, 0.1) is 13.8 Å². The van der Waals surface area contributed by atoms with E-state index in [1.165, 1.54) is 0 Å². The van der Waals surface area contributed by atoms with Crippen LogP contribution in [0.15, 0.2) is 71.2 Å². The number of fused-ring (bicyclic) bond motifs is 1. The van der Waals surface area contributed by atoms with Crippen LogP contribution >= 0.6 is 15.9 Å². The van der Waals surface area contributed by atoms with Gasteiger partial charge in [0.2, 0.25) is 0 Å². The molecule has 4 nitrogen and oxygen atoms in total. The summed E-state index contributed by atoms with van der Waals surface area (Å²) in [6.07, 6.45) is -0.301. The van der Waals surface area contributed by atoms with Crippen molar-refractivity contribution in [1.82, 2.24) is 0 Å². The molecule has 1 amide bonds. The number of aliphatic hydroxyl groups is 1. The molecule has 0 unspecified atom stereocenters. The van der Waals surface area contributed by atoms with E-state index in [2.05, 4.69) is 15.9 Å². The van der Waals surface area contributed by atoms with E-state index in [0.717, 1.165) is 21.2 Å². The maximum atomic E-state index is 13.4. The zero-order chi connectivity index (χ0) is 21.5. The first-order valence-electron chi connectivity index (χ1n) is 9.78. The molecule has 0 aromatic heterocycles. The first-order valence-corrected chi connectivity index (χ1v) is 10.6. The number of Topliss-reactive ketones (excluding diaryl/α,β-unsaturated/α-hetero) is 1. The van der Waals surface area contributed by atoms with Crippen LogP contribution in [0.25, 0.3) is 0 Å². The fraction of sp³-hybridized carbons (Fsp3) is 0.200. The van der Waals surface area contributed by atoms with Gasteiger partial charge in [0.1, 0.15) is 0 Å². The summed E-state index contributed by atoms with van der Waals surface area (Å²) in [5.74, 6) is -0.728. The molecule has 1 aliphatic heterocycles. The average Bonchev–Trinajstić information content (AvgIpc) is 2.90. The van der Waals surface area contributed by atoms with Crippen LogP contribution in [0.4, 0.5) is 5.69 Å². The highest BCUT2D eigenvalue weighted by Crippen LogP contribution is 2.44. The van der Waals surface area contributed by atoms with Crippen LogP contribution < -0.4 is 4.90 Å². The molecule has 1 heterocycles. The topological polar surface area (TPSA) is 57.6 Å². The number of ketones is 1. The number of rotatable bonds is 5. The second-order valence-electron chi connectivity index (χ2n) is 7.82. The monoisotopic (exact) mass is 463 g/mol. The third-order valence-electron chi connectivity index (χ3n) is 5.58. The Labute approximate surface area is 184 Å². The van der Waals surface area contributed by atoms with Crippen molar-refractivity contribution < 1.29 is 14.7 Å². The summed E-state index contributed by atoms with van der Waals surface area (Å²) in [4.78, 5) is 28.1. The summed E-state index contributed by atoms with van der Waals surface area (Å²) in [6, 6.07) is 20.5. The first kappa shape index (κ1) is 20.5. The fourth-order valence-electron chi connectivity index (χ4n) is 4.07.